The van der Waals surface area contributed by atoms with E-state index in [1.54, 1.807) is 24.3 Å². The quantitative estimate of drug-likeness (QED) is 0.452. The number of aryl methyl sites for hydroxylation is 1. The summed E-state index contributed by atoms with van der Waals surface area (Å²) in [5, 5.41) is 10.3. The first-order valence-corrected chi connectivity index (χ1v) is 10.5. The summed E-state index contributed by atoms with van der Waals surface area (Å²) in [4.78, 5) is 41.5. The van der Waals surface area contributed by atoms with Gasteiger partial charge in [0.25, 0.3) is 5.56 Å². The molecule has 4 aromatic rings. The van der Waals surface area contributed by atoms with E-state index < -0.39 is 12.0 Å². The van der Waals surface area contributed by atoms with Crippen molar-refractivity contribution in [3.05, 3.63) is 81.8 Å². The van der Waals surface area contributed by atoms with Gasteiger partial charge >= 0.3 is 12.0 Å². The molecule has 0 unspecified atom stereocenters. The number of benzene rings is 2. The van der Waals surface area contributed by atoms with Crippen LogP contribution in [0.1, 0.15) is 21.6 Å². The number of ether oxygens (including phenoxy) is 1. The first-order valence-electron chi connectivity index (χ1n) is 9.63. The van der Waals surface area contributed by atoms with E-state index in [0.717, 1.165) is 11.1 Å². The molecule has 2 heterocycles. The molecule has 0 fully saturated rings. The molecule has 10 heteroatoms. The van der Waals surface area contributed by atoms with E-state index >= 15 is 0 Å². The number of amides is 2. The van der Waals surface area contributed by atoms with Gasteiger partial charge in [0.15, 0.2) is 0 Å². The molecule has 2 aromatic heterocycles. The number of aromatic nitrogens is 3. The number of methoxy groups -OCH3 is 1. The van der Waals surface area contributed by atoms with Crippen LogP contribution in [0.15, 0.2) is 59.4 Å². The van der Waals surface area contributed by atoms with Crippen LogP contribution in [0.4, 0.5) is 10.5 Å². The molecule has 2 N–H and O–H groups in total. The van der Waals surface area contributed by atoms with Gasteiger partial charge < -0.3 is 15.4 Å². The Morgan fingerprint density at radius 3 is 2.62 bits per heavy atom. The van der Waals surface area contributed by atoms with Crippen LogP contribution in [-0.4, -0.2) is 33.7 Å². The van der Waals surface area contributed by atoms with Gasteiger partial charge in [-0.05, 0) is 19.1 Å². The van der Waals surface area contributed by atoms with E-state index in [1.807, 2.05) is 31.2 Å². The fourth-order valence-electron chi connectivity index (χ4n) is 2.98. The van der Waals surface area contributed by atoms with Gasteiger partial charge in [0, 0.05) is 11.6 Å². The highest BCUT2D eigenvalue weighted by molar-refractivity contribution is 7.19. The largest absolute Gasteiger partial charge is 0.465 e. The molecule has 32 heavy (non-hydrogen) atoms. The number of hydrogen-bond donors (Lipinski definition) is 2. The summed E-state index contributed by atoms with van der Waals surface area (Å²) in [5.41, 5.74) is 2.63. The van der Waals surface area contributed by atoms with Gasteiger partial charge in [0.05, 0.1) is 30.6 Å². The SMILES string of the molecule is COC(=O)c1ccccc1NC(=O)NCc1cc(=O)n2nc(-c3ccc(C)cc3)sc2n1. The lowest BCUT2D eigenvalue weighted by atomic mass is 10.2. The average molecular weight is 449 g/mol. The van der Waals surface area contributed by atoms with Gasteiger partial charge in [-0.3, -0.25) is 4.79 Å². The lowest BCUT2D eigenvalue weighted by Gasteiger charge is -2.10. The predicted octanol–water partition coefficient (Wildman–Crippen LogP) is 3.23. The monoisotopic (exact) mass is 449 g/mol. The zero-order chi connectivity index (χ0) is 22.7. The molecule has 0 bridgehead atoms. The van der Waals surface area contributed by atoms with Crippen molar-refractivity contribution in [3.63, 3.8) is 0 Å². The number of fused-ring (bicyclic) bond motifs is 1. The fourth-order valence-corrected chi connectivity index (χ4v) is 3.91. The lowest BCUT2D eigenvalue weighted by molar-refractivity contribution is 0.0602. The summed E-state index contributed by atoms with van der Waals surface area (Å²) in [6.07, 6.45) is 0. The molecule has 0 aliphatic rings. The summed E-state index contributed by atoms with van der Waals surface area (Å²) >= 11 is 1.29. The molecule has 2 amide bonds. The summed E-state index contributed by atoms with van der Waals surface area (Å²) < 4.78 is 5.97. The van der Waals surface area contributed by atoms with Gasteiger partial charge in [-0.15, -0.1) is 0 Å². The van der Waals surface area contributed by atoms with Gasteiger partial charge in [0.1, 0.15) is 5.01 Å². The number of nitrogens with one attached hydrogen (secondary N) is 2. The maximum absolute atomic E-state index is 12.5. The summed E-state index contributed by atoms with van der Waals surface area (Å²) in [5.74, 6) is -0.560. The van der Waals surface area contributed by atoms with Crippen LogP contribution < -0.4 is 16.2 Å². The summed E-state index contributed by atoms with van der Waals surface area (Å²) in [6.45, 7) is 2.02. The Kier molecular flexibility index (Phi) is 5.95. The smallest absolute Gasteiger partial charge is 0.339 e. The number of anilines is 1. The second-order valence-electron chi connectivity index (χ2n) is 6.90. The standard InChI is InChI=1S/C22H19N5O4S/c1-13-7-9-14(10-8-13)19-26-27-18(28)11-15(24-22(27)32-19)12-23-21(30)25-17-6-4-3-5-16(17)20(29)31-2/h3-11H,12H2,1-2H3,(H2,23,25,30). The highest BCUT2D eigenvalue weighted by atomic mass is 32.1. The predicted molar refractivity (Wildman–Crippen MR) is 121 cm³/mol. The zero-order valence-electron chi connectivity index (χ0n) is 17.3. The number of hydrogen-bond acceptors (Lipinski definition) is 7. The second-order valence-corrected chi connectivity index (χ2v) is 7.85. The number of carbonyl (C=O) groups excluding carboxylic acids is 2. The fraction of sp³-hybridized carbons (Fsp3) is 0.136. The number of carbonyl (C=O) groups is 2. The second kappa shape index (κ2) is 8.98. The van der Waals surface area contributed by atoms with Gasteiger partial charge in [-0.2, -0.15) is 9.61 Å². The minimum absolute atomic E-state index is 0.0235. The molecule has 0 spiro atoms. The van der Waals surface area contributed by atoms with Crippen molar-refractivity contribution in [1.82, 2.24) is 19.9 Å². The van der Waals surface area contributed by atoms with E-state index in [-0.39, 0.29) is 17.7 Å². The number of urea groups is 1. The summed E-state index contributed by atoms with van der Waals surface area (Å²) in [7, 11) is 1.27. The zero-order valence-corrected chi connectivity index (χ0v) is 18.1. The van der Waals surface area contributed by atoms with Crippen LogP contribution in [0, 0.1) is 6.92 Å². The van der Waals surface area contributed by atoms with E-state index in [4.69, 9.17) is 4.74 Å². The molecule has 0 saturated carbocycles. The Morgan fingerprint density at radius 2 is 1.88 bits per heavy atom. The lowest BCUT2D eigenvalue weighted by Crippen LogP contribution is -2.30. The highest BCUT2D eigenvalue weighted by Crippen LogP contribution is 2.24. The van der Waals surface area contributed by atoms with Crippen molar-refractivity contribution in [1.29, 1.82) is 0 Å². The molecule has 4 rings (SSSR count). The number of rotatable bonds is 5. The van der Waals surface area contributed by atoms with Crippen molar-refractivity contribution in [2.75, 3.05) is 12.4 Å². The van der Waals surface area contributed by atoms with Crippen LogP contribution in [0.25, 0.3) is 15.5 Å². The molecular weight excluding hydrogens is 430 g/mol. The van der Waals surface area contributed by atoms with Crippen LogP contribution >= 0.6 is 11.3 Å². The minimum atomic E-state index is -0.560. The van der Waals surface area contributed by atoms with Crippen molar-refractivity contribution < 1.29 is 14.3 Å². The Bertz CT molecular complexity index is 1360. The van der Waals surface area contributed by atoms with Gasteiger partial charge in [0.2, 0.25) is 4.96 Å². The van der Waals surface area contributed by atoms with Crippen LogP contribution in [-0.2, 0) is 11.3 Å². The Hall–Kier alpha value is -4.05. The molecule has 0 saturated heterocycles. The third-order valence-corrected chi connectivity index (χ3v) is 5.56. The maximum atomic E-state index is 12.5. The molecule has 9 nitrogen and oxygen atoms in total. The molecule has 0 radical (unpaired) electrons. The van der Waals surface area contributed by atoms with Crippen molar-refractivity contribution in [2.45, 2.75) is 13.5 Å². The molecule has 0 aliphatic carbocycles. The minimum Gasteiger partial charge on any atom is -0.465 e. The van der Waals surface area contributed by atoms with Gasteiger partial charge in [-0.25, -0.2) is 14.6 Å². The number of nitrogens with zero attached hydrogens (tertiary/aromatic N) is 3. The van der Waals surface area contributed by atoms with E-state index in [1.165, 1.54) is 29.0 Å². The number of para-hydroxylation sites is 1. The van der Waals surface area contributed by atoms with Crippen molar-refractivity contribution >= 4 is 34.0 Å². The topological polar surface area (TPSA) is 115 Å². The Labute approximate surface area is 186 Å². The third-order valence-electron chi connectivity index (χ3n) is 4.61. The van der Waals surface area contributed by atoms with E-state index in [9.17, 15) is 14.4 Å². The highest BCUT2D eigenvalue weighted by Gasteiger charge is 2.14. The van der Waals surface area contributed by atoms with E-state index in [0.29, 0.717) is 21.3 Å². The first kappa shape index (κ1) is 21.2. The molecular formula is C22H19N5O4S. The summed E-state index contributed by atoms with van der Waals surface area (Å²) in [6, 6.07) is 15.1. The normalized spacial score (nSPS) is 10.7. The van der Waals surface area contributed by atoms with Crippen LogP contribution in [0.3, 0.4) is 0 Å². The molecule has 0 atom stereocenters. The third kappa shape index (κ3) is 4.49. The number of esters is 1. The molecule has 0 aliphatic heterocycles. The first-order chi connectivity index (χ1) is 15.4. The average Bonchev–Trinajstić information content (AvgIpc) is 3.23. The van der Waals surface area contributed by atoms with Crippen molar-refractivity contribution in [2.24, 2.45) is 0 Å². The van der Waals surface area contributed by atoms with Gasteiger partial charge in [-0.1, -0.05) is 53.3 Å². The van der Waals surface area contributed by atoms with Crippen LogP contribution in [0.2, 0.25) is 0 Å². The molecule has 162 valence electrons. The Balaban J connectivity index is 1.49. The van der Waals surface area contributed by atoms with E-state index in [2.05, 4.69) is 20.7 Å². The van der Waals surface area contributed by atoms with Crippen molar-refractivity contribution in [3.8, 4) is 10.6 Å². The molecule has 2 aromatic carbocycles. The maximum Gasteiger partial charge on any atom is 0.339 e. The Morgan fingerprint density at radius 1 is 1.12 bits per heavy atom. The van der Waals surface area contributed by atoms with Crippen LogP contribution in [0.5, 0.6) is 0 Å².